The Hall–Kier alpha value is -1.39. The first-order chi connectivity index (χ1) is 9.15. The van der Waals surface area contributed by atoms with Crippen molar-refractivity contribution >= 4 is 11.6 Å². The Morgan fingerprint density at radius 3 is 2.89 bits per heavy atom. The zero-order valence-electron chi connectivity index (χ0n) is 11.8. The number of amides is 1. The van der Waals surface area contributed by atoms with Gasteiger partial charge in [0.15, 0.2) is 0 Å². The molecule has 0 saturated carbocycles. The maximum absolute atomic E-state index is 11.8. The molecule has 4 heteroatoms. The number of anilines is 1. The van der Waals surface area contributed by atoms with Gasteiger partial charge in [-0.15, -0.1) is 0 Å². The highest BCUT2D eigenvalue weighted by Gasteiger charge is 2.20. The molecule has 2 rings (SSSR count). The summed E-state index contributed by atoms with van der Waals surface area (Å²) in [6.45, 7) is 5.16. The quantitative estimate of drug-likeness (QED) is 0.818. The first-order valence-corrected chi connectivity index (χ1v) is 6.92. The third kappa shape index (κ3) is 4.33. The summed E-state index contributed by atoms with van der Waals surface area (Å²) >= 11 is 0. The molecule has 0 spiro atoms. The van der Waals surface area contributed by atoms with E-state index in [1.807, 2.05) is 31.2 Å². The predicted octanol–water partition coefficient (Wildman–Crippen LogP) is 1.62. The van der Waals surface area contributed by atoms with E-state index in [1.165, 1.54) is 0 Å². The average Bonchev–Trinajstić information content (AvgIpc) is 2.26. The molecular formula is C15H23N3O. The van der Waals surface area contributed by atoms with Crippen molar-refractivity contribution in [3.05, 3.63) is 29.8 Å². The molecule has 0 atom stereocenters. The van der Waals surface area contributed by atoms with Crippen LogP contribution >= 0.6 is 0 Å². The Labute approximate surface area is 115 Å². The maximum atomic E-state index is 11.8. The van der Waals surface area contributed by atoms with Crippen molar-refractivity contribution in [2.45, 2.75) is 25.8 Å². The Morgan fingerprint density at radius 1 is 1.47 bits per heavy atom. The molecule has 104 valence electrons. The molecule has 0 radical (unpaired) electrons. The molecule has 1 fully saturated rings. The molecular weight excluding hydrogens is 238 g/mol. The summed E-state index contributed by atoms with van der Waals surface area (Å²) in [4.78, 5) is 14.1. The number of carbonyl (C=O) groups excluding carboxylic acids is 1. The first kappa shape index (κ1) is 14.0. The number of benzene rings is 1. The summed E-state index contributed by atoms with van der Waals surface area (Å²) < 4.78 is 0. The minimum atomic E-state index is 0.103. The number of aryl methyl sites for hydroxylation is 1. The van der Waals surface area contributed by atoms with Gasteiger partial charge in [0.2, 0.25) is 5.91 Å². The summed E-state index contributed by atoms with van der Waals surface area (Å²) in [6, 6.07) is 8.56. The lowest BCUT2D eigenvalue weighted by atomic mass is 10.1. The van der Waals surface area contributed by atoms with E-state index in [0.717, 1.165) is 37.3 Å². The zero-order valence-corrected chi connectivity index (χ0v) is 11.8. The molecule has 1 aliphatic rings. The summed E-state index contributed by atoms with van der Waals surface area (Å²) in [5.74, 6) is 0.103. The van der Waals surface area contributed by atoms with E-state index < -0.39 is 0 Å². The van der Waals surface area contributed by atoms with Crippen LogP contribution < -0.4 is 10.6 Å². The number of likely N-dealkylation sites (N-methyl/N-ethyl adjacent to an activating group) is 1. The van der Waals surface area contributed by atoms with Crippen LogP contribution in [0.3, 0.4) is 0 Å². The number of hydrogen-bond donors (Lipinski definition) is 2. The summed E-state index contributed by atoms with van der Waals surface area (Å²) in [5.41, 5.74) is 2.05. The van der Waals surface area contributed by atoms with Crippen molar-refractivity contribution in [1.82, 2.24) is 10.2 Å². The van der Waals surface area contributed by atoms with Crippen molar-refractivity contribution in [2.75, 3.05) is 32.0 Å². The third-order valence-electron chi connectivity index (χ3n) is 3.60. The Kier molecular flexibility index (Phi) is 4.93. The van der Waals surface area contributed by atoms with E-state index in [0.29, 0.717) is 12.5 Å². The van der Waals surface area contributed by atoms with Crippen molar-refractivity contribution in [1.29, 1.82) is 0 Å². The fourth-order valence-corrected chi connectivity index (χ4v) is 2.20. The van der Waals surface area contributed by atoms with E-state index >= 15 is 0 Å². The van der Waals surface area contributed by atoms with Crippen LogP contribution in [0.25, 0.3) is 0 Å². The second-order valence-electron chi connectivity index (χ2n) is 5.31. The third-order valence-corrected chi connectivity index (χ3v) is 3.60. The van der Waals surface area contributed by atoms with Crippen LogP contribution in [0.5, 0.6) is 0 Å². The van der Waals surface area contributed by atoms with Gasteiger partial charge in [0, 0.05) is 31.2 Å². The largest absolute Gasteiger partial charge is 0.326 e. The van der Waals surface area contributed by atoms with E-state index in [4.69, 9.17) is 0 Å². The van der Waals surface area contributed by atoms with Crippen LogP contribution in [0.2, 0.25) is 0 Å². The highest BCUT2D eigenvalue weighted by atomic mass is 16.1. The molecule has 4 nitrogen and oxygen atoms in total. The minimum Gasteiger partial charge on any atom is -0.326 e. The van der Waals surface area contributed by atoms with Crippen LogP contribution in [-0.2, 0) is 4.79 Å². The van der Waals surface area contributed by atoms with Crippen LogP contribution in [0.4, 0.5) is 5.69 Å². The van der Waals surface area contributed by atoms with Crippen LogP contribution in [0, 0.1) is 6.92 Å². The number of carbonyl (C=O) groups is 1. The number of nitrogens with one attached hydrogen (secondary N) is 2. The fourth-order valence-electron chi connectivity index (χ4n) is 2.20. The van der Waals surface area contributed by atoms with Crippen LogP contribution in [0.15, 0.2) is 24.3 Å². The molecule has 1 heterocycles. The second kappa shape index (κ2) is 6.68. The lowest BCUT2D eigenvalue weighted by Gasteiger charge is -2.35. The molecule has 0 bridgehead atoms. The van der Waals surface area contributed by atoms with E-state index in [9.17, 15) is 4.79 Å². The predicted molar refractivity (Wildman–Crippen MR) is 78.3 cm³/mol. The van der Waals surface area contributed by atoms with E-state index in [1.54, 1.807) is 0 Å². The fraction of sp³-hybridized carbons (Fsp3) is 0.533. The highest BCUT2D eigenvalue weighted by Crippen LogP contribution is 2.10. The number of rotatable bonds is 6. The molecule has 1 saturated heterocycles. The van der Waals surface area contributed by atoms with Gasteiger partial charge in [-0.05, 0) is 44.6 Å². The van der Waals surface area contributed by atoms with Gasteiger partial charge in [-0.2, -0.15) is 0 Å². The highest BCUT2D eigenvalue weighted by molar-refractivity contribution is 5.90. The second-order valence-corrected chi connectivity index (χ2v) is 5.31. The monoisotopic (exact) mass is 261 g/mol. The molecule has 1 aliphatic heterocycles. The van der Waals surface area contributed by atoms with Crippen LogP contribution in [0.1, 0.15) is 18.4 Å². The maximum Gasteiger partial charge on any atom is 0.224 e. The van der Waals surface area contributed by atoms with E-state index in [2.05, 4.69) is 22.6 Å². The van der Waals surface area contributed by atoms with Gasteiger partial charge in [0.25, 0.3) is 0 Å². The molecule has 1 aromatic carbocycles. The normalized spacial score (nSPS) is 15.3. The average molecular weight is 261 g/mol. The molecule has 1 amide bonds. The van der Waals surface area contributed by atoms with Gasteiger partial charge in [-0.1, -0.05) is 12.1 Å². The molecule has 19 heavy (non-hydrogen) atoms. The molecule has 1 aromatic rings. The Balaban J connectivity index is 1.66. The summed E-state index contributed by atoms with van der Waals surface area (Å²) in [5, 5.41) is 6.20. The molecule has 0 unspecified atom stereocenters. The van der Waals surface area contributed by atoms with Crippen LogP contribution in [-0.4, -0.2) is 43.5 Å². The summed E-state index contributed by atoms with van der Waals surface area (Å²) in [7, 11) is 2.13. The van der Waals surface area contributed by atoms with Gasteiger partial charge >= 0.3 is 0 Å². The van der Waals surface area contributed by atoms with Gasteiger partial charge in [-0.25, -0.2) is 0 Å². The SMILES string of the molecule is Cc1cccc(NC(=O)CCCN(C)C2CNC2)c1. The Morgan fingerprint density at radius 2 is 2.26 bits per heavy atom. The number of nitrogens with zero attached hydrogens (tertiary/aromatic N) is 1. The topological polar surface area (TPSA) is 44.4 Å². The van der Waals surface area contributed by atoms with E-state index in [-0.39, 0.29) is 5.91 Å². The lowest BCUT2D eigenvalue weighted by molar-refractivity contribution is -0.116. The van der Waals surface area contributed by atoms with Crippen molar-refractivity contribution < 1.29 is 4.79 Å². The number of hydrogen-bond acceptors (Lipinski definition) is 3. The smallest absolute Gasteiger partial charge is 0.224 e. The van der Waals surface area contributed by atoms with Gasteiger partial charge in [0.1, 0.15) is 0 Å². The Bertz CT molecular complexity index is 429. The minimum absolute atomic E-state index is 0.103. The standard InChI is InChI=1S/C15H23N3O/c1-12-5-3-6-13(9-12)17-15(19)7-4-8-18(2)14-10-16-11-14/h3,5-6,9,14,16H,4,7-8,10-11H2,1-2H3,(H,17,19). The van der Waals surface area contributed by atoms with Gasteiger partial charge in [-0.3, -0.25) is 4.79 Å². The first-order valence-electron chi connectivity index (χ1n) is 6.92. The van der Waals surface area contributed by atoms with Gasteiger partial charge in [0.05, 0.1) is 0 Å². The lowest BCUT2D eigenvalue weighted by Crippen LogP contribution is -2.56. The van der Waals surface area contributed by atoms with Gasteiger partial charge < -0.3 is 15.5 Å². The van der Waals surface area contributed by atoms with Crippen molar-refractivity contribution in [3.63, 3.8) is 0 Å². The summed E-state index contributed by atoms with van der Waals surface area (Å²) in [6.07, 6.45) is 1.49. The molecule has 0 aliphatic carbocycles. The molecule has 0 aromatic heterocycles. The zero-order chi connectivity index (χ0) is 13.7. The van der Waals surface area contributed by atoms with Crippen molar-refractivity contribution in [2.24, 2.45) is 0 Å². The molecule has 2 N–H and O–H groups in total. The van der Waals surface area contributed by atoms with Crippen molar-refractivity contribution in [3.8, 4) is 0 Å².